The Morgan fingerprint density at radius 2 is 2.00 bits per heavy atom. The quantitative estimate of drug-likeness (QED) is 0.814. The van der Waals surface area contributed by atoms with Gasteiger partial charge >= 0.3 is 0 Å². The van der Waals surface area contributed by atoms with Crippen molar-refractivity contribution < 1.29 is 4.74 Å². The van der Waals surface area contributed by atoms with Crippen LogP contribution in [0.5, 0.6) is 0 Å². The molecule has 19 heavy (non-hydrogen) atoms. The standard InChI is InChI=1S/C17H27NO/c1-4-17(19-5-2)16(18-3)12-13-9-10-14-7-6-8-15(14)11-13/h9-11,16-18H,4-8,12H2,1-3H3. The summed E-state index contributed by atoms with van der Waals surface area (Å²) in [7, 11) is 2.04. The van der Waals surface area contributed by atoms with Gasteiger partial charge in [-0.15, -0.1) is 0 Å². The number of rotatable bonds is 7. The van der Waals surface area contributed by atoms with E-state index in [4.69, 9.17) is 4.74 Å². The average Bonchev–Trinajstić information content (AvgIpc) is 2.90. The number of hydrogen-bond donors (Lipinski definition) is 1. The molecular formula is C17H27NO. The maximum absolute atomic E-state index is 5.85. The van der Waals surface area contributed by atoms with Gasteiger partial charge < -0.3 is 10.1 Å². The predicted octanol–water partition coefficient (Wildman–Crippen LogP) is 3.12. The fourth-order valence-electron chi connectivity index (χ4n) is 3.16. The second kappa shape index (κ2) is 7.06. The Bertz CT molecular complexity index is 402. The van der Waals surface area contributed by atoms with Gasteiger partial charge in [-0.25, -0.2) is 0 Å². The van der Waals surface area contributed by atoms with E-state index in [0.717, 1.165) is 19.4 Å². The van der Waals surface area contributed by atoms with E-state index in [1.807, 2.05) is 7.05 Å². The first-order valence-electron chi connectivity index (χ1n) is 7.68. The highest BCUT2D eigenvalue weighted by atomic mass is 16.5. The van der Waals surface area contributed by atoms with Crippen LogP contribution in [0, 0.1) is 0 Å². The Kier molecular flexibility index (Phi) is 5.41. The largest absolute Gasteiger partial charge is 0.377 e. The lowest BCUT2D eigenvalue weighted by Crippen LogP contribution is -2.40. The van der Waals surface area contributed by atoms with Crippen LogP contribution in [-0.4, -0.2) is 25.8 Å². The van der Waals surface area contributed by atoms with Gasteiger partial charge in [-0.2, -0.15) is 0 Å². The van der Waals surface area contributed by atoms with Gasteiger partial charge in [0.1, 0.15) is 0 Å². The number of fused-ring (bicyclic) bond motifs is 1. The van der Waals surface area contributed by atoms with Crippen LogP contribution in [0.25, 0.3) is 0 Å². The van der Waals surface area contributed by atoms with Crippen LogP contribution in [0.3, 0.4) is 0 Å². The summed E-state index contributed by atoms with van der Waals surface area (Å²) in [5.41, 5.74) is 4.57. The normalized spacial score (nSPS) is 17.2. The van der Waals surface area contributed by atoms with Crippen molar-refractivity contribution in [3.05, 3.63) is 34.9 Å². The summed E-state index contributed by atoms with van der Waals surface area (Å²) < 4.78 is 5.85. The highest BCUT2D eigenvalue weighted by Gasteiger charge is 2.20. The van der Waals surface area contributed by atoms with Crippen molar-refractivity contribution in [3.8, 4) is 0 Å². The van der Waals surface area contributed by atoms with Crippen LogP contribution in [-0.2, 0) is 24.0 Å². The van der Waals surface area contributed by atoms with Crippen molar-refractivity contribution in [2.45, 2.75) is 58.1 Å². The molecule has 0 heterocycles. The molecule has 1 aromatic carbocycles. The topological polar surface area (TPSA) is 21.3 Å². The maximum Gasteiger partial charge on any atom is 0.0728 e. The zero-order valence-electron chi connectivity index (χ0n) is 12.5. The average molecular weight is 261 g/mol. The summed E-state index contributed by atoms with van der Waals surface area (Å²) in [6.07, 6.45) is 6.28. The Balaban J connectivity index is 2.05. The van der Waals surface area contributed by atoms with Crippen LogP contribution < -0.4 is 5.32 Å². The zero-order valence-corrected chi connectivity index (χ0v) is 12.5. The molecular weight excluding hydrogens is 234 g/mol. The van der Waals surface area contributed by atoms with Crippen molar-refractivity contribution in [1.82, 2.24) is 5.32 Å². The van der Waals surface area contributed by atoms with E-state index in [0.29, 0.717) is 12.1 Å². The zero-order chi connectivity index (χ0) is 13.7. The lowest BCUT2D eigenvalue weighted by atomic mass is 9.97. The monoisotopic (exact) mass is 261 g/mol. The molecule has 0 bridgehead atoms. The smallest absolute Gasteiger partial charge is 0.0728 e. The molecule has 2 nitrogen and oxygen atoms in total. The maximum atomic E-state index is 5.85. The first-order valence-corrected chi connectivity index (χ1v) is 7.68. The molecule has 0 saturated heterocycles. The molecule has 1 aliphatic rings. The van der Waals surface area contributed by atoms with Gasteiger partial charge in [-0.05, 0) is 62.8 Å². The lowest BCUT2D eigenvalue weighted by molar-refractivity contribution is 0.0339. The molecule has 0 radical (unpaired) electrons. The van der Waals surface area contributed by atoms with Gasteiger partial charge in [-0.1, -0.05) is 25.1 Å². The summed E-state index contributed by atoms with van der Waals surface area (Å²) >= 11 is 0. The molecule has 0 spiro atoms. The fourth-order valence-corrected chi connectivity index (χ4v) is 3.16. The summed E-state index contributed by atoms with van der Waals surface area (Å²) in [6.45, 7) is 5.07. The summed E-state index contributed by atoms with van der Waals surface area (Å²) in [4.78, 5) is 0. The Morgan fingerprint density at radius 3 is 2.68 bits per heavy atom. The number of aryl methyl sites for hydroxylation is 2. The van der Waals surface area contributed by atoms with E-state index in [9.17, 15) is 0 Å². The van der Waals surface area contributed by atoms with Crippen molar-refractivity contribution in [2.24, 2.45) is 0 Å². The third-order valence-electron chi connectivity index (χ3n) is 4.22. The van der Waals surface area contributed by atoms with E-state index in [-0.39, 0.29) is 0 Å². The fraction of sp³-hybridized carbons (Fsp3) is 0.647. The molecule has 0 saturated carbocycles. The molecule has 2 heteroatoms. The molecule has 0 aromatic heterocycles. The number of likely N-dealkylation sites (N-methyl/N-ethyl adjacent to an activating group) is 1. The van der Waals surface area contributed by atoms with Gasteiger partial charge in [0.25, 0.3) is 0 Å². The molecule has 106 valence electrons. The third kappa shape index (κ3) is 3.58. The van der Waals surface area contributed by atoms with Crippen LogP contribution in [0.4, 0.5) is 0 Å². The Labute approximate surface area is 117 Å². The molecule has 2 unspecified atom stereocenters. The van der Waals surface area contributed by atoms with Crippen molar-refractivity contribution >= 4 is 0 Å². The van der Waals surface area contributed by atoms with Gasteiger partial charge in [-0.3, -0.25) is 0 Å². The van der Waals surface area contributed by atoms with Crippen LogP contribution >= 0.6 is 0 Å². The van der Waals surface area contributed by atoms with Crippen molar-refractivity contribution in [1.29, 1.82) is 0 Å². The predicted molar refractivity (Wildman–Crippen MR) is 80.7 cm³/mol. The second-order valence-corrected chi connectivity index (χ2v) is 5.46. The van der Waals surface area contributed by atoms with Crippen molar-refractivity contribution in [3.63, 3.8) is 0 Å². The van der Waals surface area contributed by atoms with Crippen LogP contribution in [0.1, 0.15) is 43.4 Å². The van der Waals surface area contributed by atoms with Gasteiger partial charge in [0.15, 0.2) is 0 Å². The SMILES string of the molecule is CCOC(CC)C(Cc1ccc2c(c1)CCC2)NC. The minimum atomic E-state index is 0.309. The van der Waals surface area contributed by atoms with E-state index in [1.165, 1.54) is 24.8 Å². The molecule has 2 rings (SSSR count). The summed E-state index contributed by atoms with van der Waals surface area (Å²) in [6, 6.07) is 7.44. The minimum Gasteiger partial charge on any atom is -0.377 e. The molecule has 0 amide bonds. The van der Waals surface area contributed by atoms with E-state index in [2.05, 4.69) is 37.4 Å². The van der Waals surface area contributed by atoms with Crippen LogP contribution in [0.2, 0.25) is 0 Å². The summed E-state index contributed by atoms with van der Waals surface area (Å²) in [5.74, 6) is 0. The van der Waals surface area contributed by atoms with Crippen LogP contribution in [0.15, 0.2) is 18.2 Å². The molecule has 0 aliphatic heterocycles. The van der Waals surface area contributed by atoms with Gasteiger partial charge in [0, 0.05) is 12.6 Å². The number of ether oxygens (including phenoxy) is 1. The minimum absolute atomic E-state index is 0.309. The summed E-state index contributed by atoms with van der Waals surface area (Å²) in [5, 5.41) is 3.43. The first kappa shape index (κ1) is 14.5. The highest BCUT2D eigenvalue weighted by Crippen LogP contribution is 2.23. The molecule has 1 N–H and O–H groups in total. The van der Waals surface area contributed by atoms with E-state index >= 15 is 0 Å². The molecule has 2 atom stereocenters. The molecule has 1 aliphatic carbocycles. The number of benzene rings is 1. The van der Waals surface area contributed by atoms with E-state index in [1.54, 1.807) is 11.1 Å². The highest BCUT2D eigenvalue weighted by molar-refractivity contribution is 5.35. The van der Waals surface area contributed by atoms with Gasteiger partial charge in [0.2, 0.25) is 0 Å². The Morgan fingerprint density at radius 1 is 1.21 bits per heavy atom. The third-order valence-corrected chi connectivity index (χ3v) is 4.22. The number of hydrogen-bond acceptors (Lipinski definition) is 2. The molecule has 0 fully saturated rings. The molecule has 1 aromatic rings. The Hall–Kier alpha value is -0.860. The van der Waals surface area contributed by atoms with E-state index < -0.39 is 0 Å². The lowest BCUT2D eigenvalue weighted by Gasteiger charge is -2.26. The second-order valence-electron chi connectivity index (χ2n) is 5.46. The van der Waals surface area contributed by atoms with Crippen molar-refractivity contribution in [2.75, 3.05) is 13.7 Å². The first-order chi connectivity index (χ1) is 9.28. The van der Waals surface area contributed by atoms with Gasteiger partial charge in [0.05, 0.1) is 6.10 Å². The number of nitrogens with one attached hydrogen (secondary N) is 1.